The van der Waals surface area contributed by atoms with Crippen LogP contribution in [-0.4, -0.2) is 17.2 Å². The van der Waals surface area contributed by atoms with Crippen molar-refractivity contribution in [2.24, 2.45) is 0 Å². The molecule has 1 aromatic carbocycles. The molecule has 0 atom stereocenters. The van der Waals surface area contributed by atoms with E-state index in [4.69, 9.17) is 10.0 Å². The minimum absolute atomic E-state index is 0.578. The van der Waals surface area contributed by atoms with Crippen molar-refractivity contribution in [2.45, 2.75) is 13.8 Å². The van der Waals surface area contributed by atoms with Crippen LogP contribution >= 0.6 is 11.3 Å². The molecule has 4 heteroatoms. The van der Waals surface area contributed by atoms with Crippen molar-refractivity contribution >= 4 is 23.2 Å². The van der Waals surface area contributed by atoms with E-state index in [-0.39, 0.29) is 0 Å². The monoisotopic (exact) mass is 232 g/mol. The Morgan fingerprint density at radius 1 is 1.00 bits per heavy atom. The van der Waals surface area contributed by atoms with Gasteiger partial charge in [0.25, 0.3) is 0 Å². The van der Waals surface area contributed by atoms with Crippen molar-refractivity contribution in [3.8, 4) is 10.4 Å². The van der Waals surface area contributed by atoms with Gasteiger partial charge in [0, 0.05) is 9.65 Å². The lowest BCUT2D eigenvalue weighted by atomic mass is 9.90. The molecule has 82 valence electrons. The molecule has 1 aromatic heterocycles. The zero-order valence-electron chi connectivity index (χ0n) is 9.27. The SMILES string of the molecule is Cc1cc(C)cc(-c2ccc(B(O)O)s2)c1. The van der Waals surface area contributed by atoms with Crippen molar-refractivity contribution in [2.75, 3.05) is 0 Å². The van der Waals surface area contributed by atoms with Crippen LogP contribution in [0.2, 0.25) is 0 Å². The number of hydrogen-bond acceptors (Lipinski definition) is 3. The quantitative estimate of drug-likeness (QED) is 0.774. The second-order valence-corrected chi connectivity index (χ2v) is 5.07. The number of rotatable bonds is 2. The Kier molecular flexibility index (Phi) is 3.14. The zero-order valence-corrected chi connectivity index (χ0v) is 10.1. The number of benzene rings is 1. The van der Waals surface area contributed by atoms with Gasteiger partial charge in [-0.1, -0.05) is 35.4 Å². The second-order valence-electron chi connectivity index (χ2n) is 3.95. The summed E-state index contributed by atoms with van der Waals surface area (Å²) in [5.74, 6) is 0. The van der Waals surface area contributed by atoms with Gasteiger partial charge in [-0.3, -0.25) is 0 Å². The van der Waals surface area contributed by atoms with E-state index < -0.39 is 7.12 Å². The minimum atomic E-state index is -1.37. The van der Waals surface area contributed by atoms with Crippen molar-refractivity contribution in [1.29, 1.82) is 0 Å². The highest BCUT2D eigenvalue weighted by atomic mass is 32.1. The van der Waals surface area contributed by atoms with Gasteiger partial charge in [-0.05, 0) is 25.5 Å². The van der Waals surface area contributed by atoms with E-state index >= 15 is 0 Å². The van der Waals surface area contributed by atoms with Gasteiger partial charge in [-0.15, -0.1) is 11.3 Å². The smallest absolute Gasteiger partial charge is 0.423 e. The van der Waals surface area contributed by atoms with Gasteiger partial charge < -0.3 is 10.0 Å². The van der Waals surface area contributed by atoms with Crippen LogP contribution in [0.4, 0.5) is 0 Å². The zero-order chi connectivity index (χ0) is 11.7. The predicted molar refractivity (Wildman–Crippen MR) is 69.1 cm³/mol. The molecule has 0 saturated heterocycles. The van der Waals surface area contributed by atoms with Crippen LogP contribution < -0.4 is 4.78 Å². The Morgan fingerprint density at radius 3 is 2.12 bits per heavy atom. The summed E-state index contributed by atoms with van der Waals surface area (Å²) in [6, 6.07) is 10.0. The third-order valence-electron chi connectivity index (χ3n) is 2.39. The van der Waals surface area contributed by atoms with Gasteiger partial charge in [-0.25, -0.2) is 0 Å². The highest BCUT2D eigenvalue weighted by molar-refractivity contribution is 7.24. The lowest BCUT2D eigenvalue weighted by molar-refractivity contribution is 0.427. The molecule has 0 amide bonds. The lowest BCUT2D eigenvalue weighted by Crippen LogP contribution is -2.26. The Balaban J connectivity index is 2.42. The molecule has 0 bridgehead atoms. The molecule has 0 aliphatic carbocycles. The fraction of sp³-hybridized carbons (Fsp3) is 0.167. The van der Waals surface area contributed by atoms with Gasteiger partial charge in [0.05, 0.1) is 0 Å². The Bertz CT molecular complexity index is 485. The van der Waals surface area contributed by atoms with E-state index in [1.807, 2.05) is 6.07 Å². The molecule has 0 aliphatic heterocycles. The number of hydrogen-bond donors (Lipinski definition) is 2. The van der Waals surface area contributed by atoms with E-state index in [2.05, 4.69) is 32.0 Å². The van der Waals surface area contributed by atoms with Crippen molar-refractivity contribution < 1.29 is 10.0 Å². The summed E-state index contributed by atoms with van der Waals surface area (Å²) in [5, 5.41) is 18.1. The molecule has 2 nitrogen and oxygen atoms in total. The highest BCUT2D eigenvalue weighted by Crippen LogP contribution is 2.25. The standard InChI is InChI=1S/C12H13BO2S/c1-8-5-9(2)7-10(6-8)11-3-4-12(16-11)13(14)15/h3-7,14-15H,1-2H3. The molecule has 16 heavy (non-hydrogen) atoms. The molecule has 0 fully saturated rings. The summed E-state index contributed by atoms with van der Waals surface area (Å²) in [6.07, 6.45) is 0. The van der Waals surface area contributed by atoms with Gasteiger partial charge in [0.15, 0.2) is 0 Å². The molecule has 0 saturated carbocycles. The number of aryl methyl sites for hydroxylation is 2. The van der Waals surface area contributed by atoms with Crippen LogP contribution in [0.15, 0.2) is 30.3 Å². The molecule has 2 N–H and O–H groups in total. The summed E-state index contributed by atoms with van der Waals surface area (Å²) in [5.41, 5.74) is 3.57. The summed E-state index contributed by atoms with van der Waals surface area (Å²) in [7, 11) is -1.37. The van der Waals surface area contributed by atoms with Gasteiger partial charge in [0.2, 0.25) is 0 Å². The van der Waals surface area contributed by atoms with Crippen LogP contribution in [0.5, 0.6) is 0 Å². The first kappa shape index (κ1) is 11.4. The Labute approximate surface area is 99.3 Å². The highest BCUT2D eigenvalue weighted by Gasteiger charge is 2.14. The maximum Gasteiger partial charge on any atom is 0.499 e. The lowest BCUT2D eigenvalue weighted by Gasteiger charge is -2.02. The van der Waals surface area contributed by atoms with Gasteiger partial charge in [-0.2, -0.15) is 0 Å². The topological polar surface area (TPSA) is 40.5 Å². The molecular formula is C12H13BO2S. The molecule has 0 radical (unpaired) electrons. The molecule has 1 heterocycles. The van der Waals surface area contributed by atoms with Crippen LogP contribution in [0, 0.1) is 13.8 Å². The van der Waals surface area contributed by atoms with E-state index in [1.165, 1.54) is 22.5 Å². The molecule has 0 aliphatic rings. The van der Waals surface area contributed by atoms with Crippen LogP contribution in [0.1, 0.15) is 11.1 Å². The van der Waals surface area contributed by atoms with Crippen molar-refractivity contribution in [3.05, 3.63) is 41.5 Å². The third kappa shape index (κ3) is 2.35. The molecule has 2 rings (SSSR count). The first-order chi connectivity index (χ1) is 7.56. The average molecular weight is 232 g/mol. The molecule has 2 aromatic rings. The van der Waals surface area contributed by atoms with Crippen LogP contribution in [-0.2, 0) is 0 Å². The largest absolute Gasteiger partial charge is 0.499 e. The fourth-order valence-corrected chi connectivity index (χ4v) is 2.63. The van der Waals surface area contributed by atoms with Crippen molar-refractivity contribution in [1.82, 2.24) is 0 Å². The Morgan fingerprint density at radius 2 is 1.62 bits per heavy atom. The minimum Gasteiger partial charge on any atom is -0.423 e. The first-order valence-corrected chi connectivity index (χ1v) is 5.92. The summed E-state index contributed by atoms with van der Waals surface area (Å²) in [6.45, 7) is 4.12. The Hall–Kier alpha value is -1.10. The molecule has 0 unspecified atom stereocenters. The van der Waals surface area contributed by atoms with Gasteiger partial charge >= 0.3 is 7.12 Å². The van der Waals surface area contributed by atoms with E-state index in [9.17, 15) is 0 Å². The van der Waals surface area contributed by atoms with E-state index in [0.29, 0.717) is 4.78 Å². The number of thiophene rings is 1. The first-order valence-electron chi connectivity index (χ1n) is 5.11. The maximum absolute atomic E-state index is 9.06. The van der Waals surface area contributed by atoms with Crippen LogP contribution in [0.3, 0.4) is 0 Å². The van der Waals surface area contributed by atoms with Crippen LogP contribution in [0.25, 0.3) is 10.4 Å². The average Bonchev–Trinajstić information content (AvgIpc) is 2.64. The second kappa shape index (κ2) is 4.41. The summed E-state index contributed by atoms with van der Waals surface area (Å²) >= 11 is 1.41. The predicted octanol–water partition coefficient (Wildman–Crippen LogP) is 1.71. The summed E-state index contributed by atoms with van der Waals surface area (Å²) in [4.78, 5) is 1.06. The van der Waals surface area contributed by atoms with E-state index in [1.54, 1.807) is 6.07 Å². The maximum atomic E-state index is 9.06. The molecular weight excluding hydrogens is 219 g/mol. The van der Waals surface area contributed by atoms with E-state index in [0.717, 1.165) is 10.4 Å². The van der Waals surface area contributed by atoms with Gasteiger partial charge in [0.1, 0.15) is 0 Å². The summed E-state index contributed by atoms with van der Waals surface area (Å²) < 4.78 is 0.578. The normalized spacial score (nSPS) is 10.5. The fourth-order valence-electron chi connectivity index (χ4n) is 1.76. The molecule has 0 spiro atoms. The third-order valence-corrected chi connectivity index (χ3v) is 3.56. The van der Waals surface area contributed by atoms with Crippen molar-refractivity contribution in [3.63, 3.8) is 0 Å².